The Morgan fingerprint density at radius 2 is 2.14 bits per heavy atom. The van der Waals surface area contributed by atoms with Crippen LogP contribution in [0.4, 0.5) is 4.39 Å². The first-order chi connectivity index (χ1) is 6.35. The lowest BCUT2D eigenvalue weighted by atomic mass is 9.89. The van der Waals surface area contributed by atoms with E-state index in [4.69, 9.17) is 16.7 Å². The molecule has 1 heterocycles. The van der Waals surface area contributed by atoms with Crippen LogP contribution in [0.3, 0.4) is 0 Å². The Hall–Kier alpha value is -1.16. The fraction of sp³-hybridized carbons (Fsp3) is 0.333. The van der Waals surface area contributed by atoms with Gasteiger partial charge in [-0.3, -0.25) is 4.79 Å². The van der Waals surface area contributed by atoms with Gasteiger partial charge in [0.05, 0.1) is 5.69 Å². The molecule has 0 aliphatic heterocycles. The lowest BCUT2D eigenvalue weighted by molar-refractivity contribution is -0.142. The molecule has 0 saturated heterocycles. The van der Waals surface area contributed by atoms with Crippen molar-refractivity contribution in [3.8, 4) is 0 Å². The molecule has 0 bridgehead atoms. The molecule has 0 aliphatic rings. The second-order valence-electron chi connectivity index (χ2n) is 3.39. The van der Waals surface area contributed by atoms with E-state index in [9.17, 15) is 9.18 Å². The monoisotopic (exact) mass is 217 g/mol. The third-order valence-electron chi connectivity index (χ3n) is 1.94. The van der Waals surface area contributed by atoms with Gasteiger partial charge in [0.25, 0.3) is 0 Å². The molecular weight excluding hydrogens is 209 g/mol. The molecule has 5 heteroatoms. The first kappa shape index (κ1) is 10.9. The Kier molecular flexibility index (Phi) is 2.76. The molecule has 1 aromatic heterocycles. The maximum atomic E-state index is 13.2. The molecule has 0 aromatic carbocycles. The smallest absolute Gasteiger partial charge is 0.315 e. The number of nitrogens with zero attached hydrogens (tertiary/aromatic N) is 1. The first-order valence-electron chi connectivity index (χ1n) is 3.91. The highest BCUT2D eigenvalue weighted by Crippen LogP contribution is 2.25. The maximum Gasteiger partial charge on any atom is 0.315 e. The van der Waals surface area contributed by atoms with E-state index in [0.717, 1.165) is 6.07 Å². The highest BCUT2D eigenvalue weighted by molar-refractivity contribution is 6.29. The fourth-order valence-electron chi connectivity index (χ4n) is 0.958. The standard InChI is InChI=1S/C9H9ClFNO2/c1-9(2,8(13)14)7-5(11)3-4-6(10)12-7/h3-4H,1-2H3,(H,13,14). The first-order valence-corrected chi connectivity index (χ1v) is 4.29. The lowest BCUT2D eigenvalue weighted by Gasteiger charge is -2.18. The van der Waals surface area contributed by atoms with Crippen molar-refractivity contribution in [3.05, 3.63) is 28.8 Å². The van der Waals surface area contributed by atoms with Gasteiger partial charge in [-0.05, 0) is 26.0 Å². The van der Waals surface area contributed by atoms with Gasteiger partial charge in [-0.2, -0.15) is 0 Å². The summed E-state index contributed by atoms with van der Waals surface area (Å²) < 4.78 is 13.2. The molecule has 0 amide bonds. The summed E-state index contributed by atoms with van der Waals surface area (Å²) in [6, 6.07) is 2.38. The largest absolute Gasteiger partial charge is 0.481 e. The third-order valence-corrected chi connectivity index (χ3v) is 2.15. The van der Waals surface area contributed by atoms with Crippen molar-refractivity contribution in [2.75, 3.05) is 0 Å². The van der Waals surface area contributed by atoms with Crippen LogP contribution < -0.4 is 0 Å². The van der Waals surface area contributed by atoms with Crippen molar-refractivity contribution in [3.63, 3.8) is 0 Å². The summed E-state index contributed by atoms with van der Waals surface area (Å²) in [7, 11) is 0. The Bertz CT molecular complexity index is 379. The van der Waals surface area contributed by atoms with Crippen LogP contribution in [0.25, 0.3) is 0 Å². The molecule has 0 aliphatic carbocycles. The van der Waals surface area contributed by atoms with Gasteiger partial charge in [-0.15, -0.1) is 0 Å². The lowest BCUT2D eigenvalue weighted by Crippen LogP contribution is -2.30. The van der Waals surface area contributed by atoms with Crippen LogP contribution in [0.5, 0.6) is 0 Å². The van der Waals surface area contributed by atoms with Crippen molar-refractivity contribution in [2.45, 2.75) is 19.3 Å². The molecule has 0 unspecified atom stereocenters. The van der Waals surface area contributed by atoms with Gasteiger partial charge in [0.15, 0.2) is 0 Å². The highest BCUT2D eigenvalue weighted by atomic mass is 35.5. The number of hydrogen-bond donors (Lipinski definition) is 1. The van der Waals surface area contributed by atoms with Crippen LogP contribution in [-0.4, -0.2) is 16.1 Å². The number of aliphatic carboxylic acids is 1. The zero-order chi connectivity index (χ0) is 10.9. The molecule has 1 rings (SSSR count). The molecule has 76 valence electrons. The van der Waals surface area contributed by atoms with Crippen molar-refractivity contribution < 1.29 is 14.3 Å². The van der Waals surface area contributed by atoms with E-state index < -0.39 is 17.2 Å². The third kappa shape index (κ3) is 1.85. The number of rotatable bonds is 2. The van der Waals surface area contributed by atoms with Crippen LogP contribution in [-0.2, 0) is 10.2 Å². The number of aromatic nitrogens is 1. The number of carbonyl (C=O) groups is 1. The molecule has 1 aromatic rings. The summed E-state index contributed by atoms with van der Waals surface area (Å²) in [4.78, 5) is 14.5. The molecule has 0 spiro atoms. The van der Waals surface area contributed by atoms with E-state index >= 15 is 0 Å². The van der Waals surface area contributed by atoms with E-state index in [1.54, 1.807) is 0 Å². The van der Waals surface area contributed by atoms with Crippen molar-refractivity contribution in [1.29, 1.82) is 0 Å². The van der Waals surface area contributed by atoms with Gasteiger partial charge in [-0.25, -0.2) is 9.37 Å². The Morgan fingerprint density at radius 3 is 2.64 bits per heavy atom. The van der Waals surface area contributed by atoms with Gasteiger partial charge in [0.2, 0.25) is 0 Å². The zero-order valence-corrected chi connectivity index (χ0v) is 8.47. The Labute approximate surface area is 85.5 Å². The van der Waals surface area contributed by atoms with Crippen LogP contribution in [0.2, 0.25) is 5.15 Å². The van der Waals surface area contributed by atoms with Crippen LogP contribution in [0.15, 0.2) is 12.1 Å². The molecule has 3 nitrogen and oxygen atoms in total. The predicted octanol–water partition coefficient (Wildman–Crippen LogP) is 2.24. The molecule has 0 fully saturated rings. The Morgan fingerprint density at radius 1 is 1.57 bits per heavy atom. The number of halogens is 2. The zero-order valence-electron chi connectivity index (χ0n) is 7.71. The van der Waals surface area contributed by atoms with Crippen LogP contribution in [0.1, 0.15) is 19.5 Å². The van der Waals surface area contributed by atoms with Crippen LogP contribution >= 0.6 is 11.6 Å². The minimum Gasteiger partial charge on any atom is -0.481 e. The molecule has 0 saturated carbocycles. The fourth-order valence-corrected chi connectivity index (χ4v) is 1.11. The minimum absolute atomic E-state index is 0.0794. The normalized spacial score (nSPS) is 11.4. The summed E-state index contributed by atoms with van der Waals surface area (Å²) >= 11 is 5.56. The van der Waals surface area contributed by atoms with E-state index in [1.807, 2.05) is 0 Å². The van der Waals surface area contributed by atoms with Gasteiger partial charge in [0, 0.05) is 0 Å². The Balaban J connectivity index is 3.31. The average Bonchev–Trinajstić information content (AvgIpc) is 2.08. The highest BCUT2D eigenvalue weighted by Gasteiger charge is 2.34. The van der Waals surface area contributed by atoms with Crippen LogP contribution in [0, 0.1) is 5.82 Å². The average molecular weight is 218 g/mol. The van der Waals surface area contributed by atoms with E-state index in [-0.39, 0.29) is 10.8 Å². The van der Waals surface area contributed by atoms with Gasteiger partial charge in [-0.1, -0.05) is 11.6 Å². The summed E-state index contributed by atoms with van der Waals surface area (Å²) in [5.74, 6) is -1.81. The van der Waals surface area contributed by atoms with Crippen molar-refractivity contribution >= 4 is 17.6 Å². The number of carboxylic acid groups (broad SMARTS) is 1. The summed E-state index contributed by atoms with van der Waals surface area (Å²) in [5.41, 5.74) is -1.54. The van der Waals surface area contributed by atoms with Gasteiger partial charge >= 0.3 is 5.97 Å². The molecular formula is C9H9ClFNO2. The topological polar surface area (TPSA) is 50.2 Å². The summed E-state index contributed by atoms with van der Waals surface area (Å²) in [5, 5.41) is 8.94. The second-order valence-corrected chi connectivity index (χ2v) is 3.78. The number of carboxylic acids is 1. The van der Waals surface area contributed by atoms with Crippen molar-refractivity contribution in [1.82, 2.24) is 4.98 Å². The second kappa shape index (κ2) is 3.53. The minimum atomic E-state index is -1.38. The van der Waals surface area contributed by atoms with Gasteiger partial charge < -0.3 is 5.11 Å². The van der Waals surface area contributed by atoms with E-state index in [2.05, 4.69) is 4.98 Å². The number of hydrogen-bond acceptors (Lipinski definition) is 2. The van der Waals surface area contributed by atoms with E-state index in [0.29, 0.717) is 0 Å². The molecule has 1 N–H and O–H groups in total. The molecule has 14 heavy (non-hydrogen) atoms. The predicted molar refractivity (Wildman–Crippen MR) is 49.9 cm³/mol. The SMILES string of the molecule is CC(C)(C(=O)O)c1nc(Cl)ccc1F. The van der Waals surface area contributed by atoms with Gasteiger partial charge in [0.1, 0.15) is 16.4 Å². The summed E-state index contributed by atoms with van der Waals surface area (Å²) in [6.45, 7) is 2.74. The maximum absolute atomic E-state index is 13.2. The summed E-state index contributed by atoms with van der Waals surface area (Å²) in [6.07, 6.45) is 0. The quantitative estimate of drug-likeness (QED) is 0.773. The molecule has 0 radical (unpaired) electrons. The molecule has 0 atom stereocenters. The number of pyridine rings is 1. The van der Waals surface area contributed by atoms with E-state index in [1.165, 1.54) is 19.9 Å². The van der Waals surface area contributed by atoms with Crippen molar-refractivity contribution in [2.24, 2.45) is 0 Å².